The van der Waals surface area contributed by atoms with E-state index in [2.05, 4.69) is 4.98 Å². The summed E-state index contributed by atoms with van der Waals surface area (Å²) in [6.07, 6.45) is -5.08. The molecular weight excluding hydrogens is 219 g/mol. The van der Waals surface area contributed by atoms with Crippen LogP contribution in [0.1, 0.15) is 12.1 Å². The Balaban J connectivity index is 2.66. The minimum absolute atomic E-state index is 0.175. The van der Waals surface area contributed by atoms with Crippen molar-refractivity contribution in [2.45, 2.75) is 12.6 Å². The van der Waals surface area contributed by atoms with Crippen molar-refractivity contribution in [3.63, 3.8) is 0 Å². The van der Waals surface area contributed by atoms with Crippen molar-refractivity contribution in [3.8, 4) is 6.07 Å². The maximum absolute atomic E-state index is 12.0. The summed E-state index contributed by atoms with van der Waals surface area (Å²) in [7, 11) is 1.51. The molecule has 0 bridgehead atoms. The van der Waals surface area contributed by atoms with Crippen molar-refractivity contribution < 1.29 is 13.2 Å². The minimum Gasteiger partial charge on any atom is -0.359 e. The van der Waals surface area contributed by atoms with E-state index < -0.39 is 12.6 Å². The first-order valence-electron chi connectivity index (χ1n) is 4.57. The van der Waals surface area contributed by atoms with Gasteiger partial charge in [0.2, 0.25) is 0 Å². The Labute approximate surface area is 91.1 Å². The van der Waals surface area contributed by atoms with Gasteiger partial charge in [0.1, 0.15) is 17.6 Å². The Morgan fingerprint density at radius 2 is 2.12 bits per heavy atom. The second kappa shape index (κ2) is 4.84. The molecule has 0 N–H and O–H groups in total. The molecule has 1 aromatic heterocycles. The molecular formula is C10H10F3N3. The number of hydrogen-bond donors (Lipinski definition) is 0. The van der Waals surface area contributed by atoms with E-state index in [1.807, 2.05) is 6.07 Å². The molecule has 86 valence electrons. The first-order valence-corrected chi connectivity index (χ1v) is 4.57. The van der Waals surface area contributed by atoms with E-state index in [9.17, 15) is 13.2 Å². The Bertz CT molecular complexity index is 395. The summed E-state index contributed by atoms with van der Waals surface area (Å²) in [5.41, 5.74) is 0.191. The van der Waals surface area contributed by atoms with Gasteiger partial charge in [0.15, 0.2) is 0 Å². The highest BCUT2D eigenvalue weighted by Crippen LogP contribution is 2.20. The number of alkyl halides is 3. The third-order valence-corrected chi connectivity index (χ3v) is 1.97. The summed E-state index contributed by atoms with van der Waals surface area (Å²) in [6, 6.07) is 6.49. The second-order valence-electron chi connectivity index (χ2n) is 3.28. The molecule has 0 aromatic carbocycles. The molecule has 1 heterocycles. The van der Waals surface area contributed by atoms with Crippen molar-refractivity contribution in [1.29, 1.82) is 5.26 Å². The van der Waals surface area contributed by atoms with Crippen LogP contribution in [-0.4, -0.2) is 24.8 Å². The molecule has 1 rings (SSSR count). The van der Waals surface area contributed by atoms with Gasteiger partial charge in [0.05, 0.1) is 6.42 Å². The molecule has 0 saturated heterocycles. The molecule has 0 unspecified atom stereocenters. The third-order valence-electron chi connectivity index (χ3n) is 1.97. The number of nitrogens with zero attached hydrogens (tertiary/aromatic N) is 3. The molecule has 16 heavy (non-hydrogen) atoms. The Kier molecular flexibility index (Phi) is 3.72. The van der Waals surface area contributed by atoms with E-state index in [-0.39, 0.29) is 12.2 Å². The number of nitriles is 1. The summed E-state index contributed by atoms with van der Waals surface area (Å²) in [4.78, 5) is 5.26. The fourth-order valence-electron chi connectivity index (χ4n) is 1.11. The summed E-state index contributed by atoms with van der Waals surface area (Å²) in [6.45, 7) is -0.175. The predicted octanol–water partition coefficient (Wildman–Crippen LogP) is 2.34. The summed E-state index contributed by atoms with van der Waals surface area (Å²) < 4.78 is 35.9. The van der Waals surface area contributed by atoms with E-state index >= 15 is 0 Å². The van der Waals surface area contributed by atoms with E-state index in [4.69, 9.17) is 5.26 Å². The molecule has 6 heteroatoms. The predicted molar refractivity (Wildman–Crippen MR) is 52.9 cm³/mol. The molecule has 0 aliphatic rings. The lowest BCUT2D eigenvalue weighted by molar-refractivity contribution is -0.132. The van der Waals surface area contributed by atoms with E-state index in [0.717, 1.165) is 0 Å². The quantitative estimate of drug-likeness (QED) is 0.798. The van der Waals surface area contributed by atoms with Gasteiger partial charge < -0.3 is 4.90 Å². The van der Waals surface area contributed by atoms with Crippen LogP contribution in [0.4, 0.5) is 19.0 Å². The van der Waals surface area contributed by atoms with Gasteiger partial charge in [-0.15, -0.1) is 0 Å². The highest BCUT2D eigenvalue weighted by Gasteiger charge is 2.27. The maximum Gasteiger partial charge on any atom is 0.390 e. The van der Waals surface area contributed by atoms with Crippen LogP contribution in [0, 0.1) is 11.3 Å². The van der Waals surface area contributed by atoms with E-state index in [0.29, 0.717) is 5.82 Å². The number of anilines is 1. The third kappa shape index (κ3) is 3.77. The molecule has 0 fully saturated rings. The molecule has 1 aromatic rings. The molecule has 0 spiro atoms. The average Bonchev–Trinajstić information content (AvgIpc) is 2.25. The monoisotopic (exact) mass is 229 g/mol. The molecule has 0 aliphatic carbocycles. The number of halogens is 3. The van der Waals surface area contributed by atoms with Crippen molar-refractivity contribution in [3.05, 3.63) is 23.9 Å². The minimum atomic E-state index is -4.18. The number of aromatic nitrogens is 1. The van der Waals surface area contributed by atoms with Crippen LogP contribution in [0.5, 0.6) is 0 Å². The van der Waals surface area contributed by atoms with Crippen LogP contribution >= 0.6 is 0 Å². The molecule has 0 saturated carbocycles. The lowest BCUT2D eigenvalue weighted by Crippen LogP contribution is -2.24. The van der Waals surface area contributed by atoms with Crippen molar-refractivity contribution in [1.82, 2.24) is 4.98 Å². The van der Waals surface area contributed by atoms with Crippen molar-refractivity contribution in [2.75, 3.05) is 18.5 Å². The first kappa shape index (κ1) is 12.3. The normalized spacial score (nSPS) is 10.9. The Morgan fingerprint density at radius 3 is 2.69 bits per heavy atom. The zero-order chi connectivity index (χ0) is 12.2. The lowest BCUT2D eigenvalue weighted by Gasteiger charge is -2.18. The van der Waals surface area contributed by atoms with Crippen LogP contribution in [-0.2, 0) is 0 Å². The van der Waals surface area contributed by atoms with Crippen LogP contribution in [0.2, 0.25) is 0 Å². The Morgan fingerprint density at radius 1 is 1.44 bits per heavy atom. The van der Waals surface area contributed by atoms with Gasteiger partial charge in [0, 0.05) is 13.6 Å². The standard InChI is InChI=1S/C10H10F3N3/c1-16(6-5-10(11,12)13)9-4-2-3-8(7-14)15-9/h2-4H,5-6H2,1H3. The highest BCUT2D eigenvalue weighted by molar-refractivity contribution is 5.40. The van der Waals surface area contributed by atoms with Gasteiger partial charge >= 0.3 is 6.18 Å². The van der Waals surface area contributed by atoms with Gasteiger partial charge in [-0.1, -0.05) is 6.07 Å². The largest absolute Gasteiger partial charge is 0.390 e. The van der Waals surface area contributed by atoms with Gasteiger partial charge in [-0.3, -0.25) is 0 Å². The van der Waals surface area contributed by atoms with Crippen molar-refractivity contribution in [2.24, 2.45) is 0 Å². The molecule has 0 radical (unpaired) electrons. The number of rotatable bonds is 3. The highest BCUT2D eigenvalue weighted by atomic mass is 19.4. The zero-order valence-corrected chi connectivity index (χ0v) is 8.62. The smallest absolute Gasteiger partial charge is 0.359 e. The van der Waals surface area contributed by atoms with Gasteiger partial charge in [0.25, 0.3) is 0 Å². The molecule has 3 nitrogen and oxygen atoms in total. The molecule has 0 aliphatic heterocycles. The Hall–Kier alpha value is -1.77. The maximum atomic E-state index is 12.0. The molecule has 0 amide bonds. The van der Waals surface area contributed by atoms with Crippen molar-refractivity contribution >= 4 is 5.82 Å². The lowest BCUT2D eigenvalue weighted by atomic mass is 10.3. The van der Waals surface area contributed by atoms with Crippen LogP contribution in [0.25, 0.3) is 0 Å². The summed E-state index contributed by atoms with van der Waals surface area (Å²) in [5, 5.41) is 8.59. The average molecular weight is 229 g/mol. The fourth-order valence-corrected chi connectivity index (χ4v) is 1.11. The number of pyridine rings is 1. The second-order valence-corrected chi connectivity index (χ2v) is 3.28. The first-order chi connectivity index (χ1) is 7.42. The van der Waals surface area contributed by atoms with Gasteiger partial charge in [-0.25, -0.2) is 4.98 Å². The van der Waals surface area contributed by atoms with Crippen LogP contribution in [0.15, 0.2) is 18.2 Å². The van der Waals surface area contributed by atoms with E-state index in [1.165, 1.54) is 18.0 Å². The zero-order valence-electron chi connectivity index (χ0n) is 8.62. The fraction of sp³-hybridized carbons (Fsp3) is 0.400. The summed E-state index contributed by atoms with van der Waals surface area (Å²) >= 11 is 0. The summed E-state index contributed by atoms with van der Waals surface area (Å²) in [5.74, 6) is 0.364. The van der Waals surface area contributed by atoms with Crippen LogP contribution < -0.4 is 4.90 Å². The number of hydrogen-bond acceptors (Lipinski definition) is 3. The van der Waals surface area contributed by atoms with Gasteiger partial charge in [-0.05, 0) is 12.1 Å². The molecule has 0 atom stereocenters. The SMILES string of the molecule is CN(CCC(F)(F)F)c1cccc(C#N)n1. The van der Waals surface area contributed by atoms with Gasteiger partial charge in [-0.2, -0.15) is 18.4 Å². The topological polar surface area (TPSA) is 39.9 Å². The van der Waals surface area contributed by atoms with E-state index in [1.54, 1.807) is 12.1 Å². The van der Waals surface area contributed by atoms with Crippen LogP contribution in [0.3, 0.4) is 0 Å².